The summed E-state index contributed by atoms with van der Waals surface area (Å²) in [5, 5.41) is 12.2. The van der Waals surface area contributed by atoms with E-state index in [-0.39, 0.29) is 0 Å². The summed E-state index contributed by atoms with van der Waals surface area (Å²) in [7, 11) is 0. The van der Waals surface area contributed by atoms with Gasteiger partial charge in [-0.25, -0.2) is 4.98 Å². The number of hydrogen-bond acceptors (Lipinski definition) is 3. The van der Waals surface area contributed by atoms with Crippen molar-refractivity contribution in [2.75, 3.05) is 0 Å². The van der Waals surface area contributed by atoms with E-state index < -0.39 is 0 Å². The molecule has 0 radical (unpaired) electrons. The number of para-hydroxylation sites is 2. The Labute approximate surface area is 391 Å². The summed E-state index contributed by atoms with van der Waals surface area (Å²) in [6, 6.07) is 84.9. The molecule has 0 aliphatic rings. The van der Waals surface area contributed by atoms with Crippen LogP contribution in [0.25, 0.3) is 133 Å². The van der Waals surface area contributed by atoms with Gasteiger partial charge in [0.25, 0.3) is 0 Å². The van der Waals surface area contributed by atoms with Crippen LogP contribution in [0.5, 0.6) is 0 Å². The third-order valence-corrected chi connectivity index (χ3v) is 13.8. The van der Waals surface area contributed by atoms with Crippen molar-refractivity contribution in [3.8, 4) is 56.7 Å². The molecule has 11 aromatic carbocycles. The second-order valence-corrected chi connectivity index (χ2v) is 17.6. The van der Waals surface area contributed by atoms with Crippen molar-refractivity contribution in [3.05, 3.63) is 237 Å². The Morgan fingerprint density at radius 2 is 0.676 bits per heavy atom. The molecular weight excluding hydrogens is 827 g/mol. The summed E-state index contributed by atoms with van der Waals surface area (Å²) in [4.78, 5) is 15.6. The second kappa shape index (κ2) is 15.2. The molecular formula is C63H39N5. The fourth-order valence-corrected chi connectivity index (χ4v) is 10.7. The number of aromatic nitrogens is 5. The monoisotopic (exact) mass is 865 g/mol. The van der Waals surface area contributed by atoms with Crippen LogP contribution in [0.15, 0.2) is 237 Å². The van der Waals surface area contributed by atoms with Crippen LogP contribution >= 0.6 is 0 Å². The average molecular weight is 866 g/mol. The van der Waals surface area contributed by atoms with Gasteiger partial charge in [-0.05, 0) is 91.5 Å². The fourth-order valence-electron chi connectivity index (χ4n) is 10.7. The highest BCUT2D eigenvalue weighted by molar-refractivity contribution is 6.26. The minimum atomic E-state index is 0.565. The molecule has 0 saturated heterocycles. The predicted octanol–water partition coefficient (Wildman–Crippen LogP) is 16.2. The van der Waals surface area contributed by atoms with Gasteiger partial charge in [0, 0.05) is 38.2 Å². The van der Waals surface area contributed by atoms with Crippen molar-refractivity contribution >= 4 is 75.9 Å². The number of rotatable bonds is 6. The number of hydrogen-bond donors (Lipinski definition) is 0. The number of fused-ring (bicyclic) bond motifs is 12. The summed E-state index contributed by atoms with van der Waals surface area (Å²) >= 11 is 0. The van der Waals surface area contributed by atoms with Crippen molar-refractivity contribution < 1.29 is 0 Å². The zero-order valence-corrected chi connectivity index (χ0v) is 36.8. The van der Waals surface area contributed by atoms with Gasteiger partial charge in [0.1, 0.15) is 0 Å². The maximum absolute atomic E-state index is 5.27. The van der Waals surface area contributed by atoms with E-state index in [2.05, 4.69) is 209 Å². The van der Waals surface area contributed by atoms with E-state index in [1.807, 2.05) is 36.4 Å². The molecule has 0 saturated carbocycles. The Balaban J connectivity index is 1.07. The summed E-state index contributed by atoms with van der Waals surface area (Å²) in [6.07, 6.45) is 0. The van der Waals surface area contributed by atoms with Gasteiger partial charge in [-0.3, -0.25) is 4.57 Å². The van der Waals surface area contributed by atoms with Crippen LogP contribution in [0.1, 0.15) is 0 Å². The summed E-state index contributed by atoms with van der Waals surface area (Å²) < 4.78 is 4.70. The van der Waals surface area contributed by atoms with Gasteiger partial charge >= 0.3 is 0 Å². The Hall–Kier alpha value is -9.19. The van der Waals surface area contributed by atoms with Crippen LogP contribution in [0, 0.1) is 0 Å². The lowest BCUT2D eigenvalue weighted by Crippen LogP contribution is -2.06. The van der Waals surface area contributed by atoms with Crippen LogP contribution in [0.3, 0.4) is 0 Å². The van der Waals surface area contributed by atoms with Gasteiger partial charge in [-0.2, -0.15) is 9.97 Å². The molecule has 14 rings (SSSR count). The largest absolute Gasteiger partial charge is 0.309 e. The molecule has 3 aromatic heterocycles. The van der Waals surface area contributed by atoms with E-state index in [1.165, 1.54) is 48.7 Å². The summed E-state index contributed by atoms with van der Waals surface area (Å²) in [6.45, 7) is 0. The Morgan fingerprint density at radius 1 is 0.235 bits per heavy atom. The highest BCUT2D eigenvalue weighted by Gasteiger charge is 2.23. The van der Waals surface area contributed by atoms with E-state index in [0.717, 1.165) is 66.3 Å². The average Bonchev–Trinajstić information content (AvgIpc) is 3.92. The summed E-state index contributed by atoms with van der Waals surface area (Å²) in [5.41, 5.74) is 11.9. The molecule has 14 aromatic rings. The Kier molecular flexibility index (Phi) is 8.52. The van der Waals surface area contributed by atoms with Crippen LogP contribution < -0.4 is 0 Å². The second-order valence-electron chi connectivity index (χ2n) is 17.6. The standard InChI is InChI=1S/C63H39N5/c1-4-18-40(19-5-1)43-33-35-58(52(36-43)44-32-34-49-47-26-11-10-24-45(47)46-25-12-13-27-48(46)53(49)37-44)67-56-30-16-14-28-50(56)54-38-55-51-29-15-17-31-57(51)68(60(55)39-59(54)67)63-65-61(41-20-6-2-7-21-41)64-62(66-63)42-22-8-3-9-23-42/h1-39H. The molecule has 0 aliphatic carbocycles. The van der Waals surface area contributed by atoms with Gasteiger partial charge in [-0.15, -0.1) is 0 Å². The number of nitrogens with zero attached hydrogens (tertiary/aromatic N) is 5. The molecule has 0 bridgehead atoms. The molecule has 5 nitrogen and oxygen atoms in total. The van der Waals surface area contributed by atoms with Gasteiger partial charge in [0.15, 0.2) is 11.6 Å². The lowest BCUT2D eigenvalue weighted by atomic mass is 9.91. The molecule has 0 fully saturated rings. The molecule has 0 unspecified atom stereocenters. The van der Waals surface area contributed by atoms with Gasteiger partial charge in [0.05, 0.1) is 27.8 Å². The third-order valence-electron chi connectivity index (χ3n) is 13.8. The predicted molar refractivity (Wildman–Crippen MR) is 283 cm³/mol. The fraction of sp³-hybridized carbons (Fsp3) is 0. The SMILES string of the molecule is c1ccc(-c2ccc(-n3c4ccccc4c4cc5c6ccccc6n(-c6nc(-c7ccccc7)nc(-c7ccccc7)n6)c5cc43)c(-c3ccc4c5ccccc5c5ccccc5c4c3)c2)cc1. The number of benzene rings is 11. The molecule has 0 N–H and O–H groups in total. The zero-order valence-electron chi connectivity index (χ0n) is 36.8. The van der Waals surface area contributed by atoms with Crippen molar-refractivity contribution in [2.24, 2.45) is 0 Å². The molecule has 316 valence electrons. The minimum absolute atomic E-state index is 0.565. The molecule has 0 amide bonds. The zero-order chi connectivity index (χ0) is 44.7. The Bertz CT molecular complexity index is 4210. The lowest BCUT2D eigenvalue weighted by Gasteiger charge is -2.18. The maximum Gasteiger partial charge on any atom is 0.238 e. The van der Waals surface area contributed by atoms with Gasteiger partial charge < -0.3 is 4.57 Å². The first-order valence-corrected chi connectivity index (χ1v) is 23.1. The first kappa shape index (κ1) is 38.1. The molecule has 0 atom stereocenters. The molecule has 0 aliphatic heterocycles. The van der Waals surface area contributed by atoms with E-state index in [0.29, 0.717) is 17.6 Å². The van der Waals surface area contributed by atoms with Crippen LogP contribution in [0.2, 0.25) is 0 Å². The molecule has 0 spiro atoms. The maximum atomic E-state index is 5.27. The van der Waals surface area contributed by atoms with Crippen LogP contribution in [0.4, 0.5) is 0 Å². The van der Waals surface area contributed by atoms with Crippen molar-refractivity contribution in [3.63, 3.8) is 0 Å². The topological polar surface area (TPSA) is 48.5 Å². The smallest absolute Gasteiger partial charge is 0.238 e. The van der Waals surface area contributed by atoms with Gasteiger partial charge in [-0.1, -0.05) is 194 Å². The first-order valence-electron chi connectivity index (χ1n) is 23.1. The van der Waals surface area contributed by atoms with Crippen LogP contribution in [-0.2, 0) is 0 Å². The highest BCUT2D eigenvalue weighted by Crippen LogP contribution is 2.44. The third kappa shape index (κ3) is 5.93. The van der Waals surface area contributed by atoms with Crippen LogP contribution in [-0.4, -0.2) is 24.1 Å². The molecule has 5 heteroatoms. The normalized spacial score (nSPS) is 11.8. The lowest BCUT2D eigenvalue weighted by molar-refractivity contribution is 0.953. The first-order chi connectivity index (χ1) is 33.7. The van der Waals surface area contributed by atoms with Crippen molar-refractivity contribution in [2.45, 2.75) is 0 Å². The van der Waals surface area contributed by atoms with Crippen molar-refractivity contribution in [1.82, 2.24) is 24.1 Å². The van der Waals surface area contributed by atoms with E-state index >= 15 is 0 Å². The van der Waals surface area contributed by atoms with E-state index in [9.17, 15) is 0 Å². The molecule has 68 heavy (non-hydrogen) atoms. The van der Waals surface area contributed by atoms with Crippen molar-refractivity contribution in [1.29, 1.82) is 0 Å². The van der Waals surface area contributed by atoms with E-state index in [1.54, 1.807) is 0 Å². The Morgan fingerprint density at radius 3 is 1.25 bits per heavy atom. The van der Waals surface area contributed by atoms with E-state index in [4.69, 9.17) is 15.0 Å². The summed E-state index contributed by atoms with van der Waals surface area (Å²) in [5.74, 6) is 1.81. The quantitative estimate of drug-likeness (QED) is 0.156. The van der Waals surface area contributed by atoms with Gasteiger partial charge in [0.2, 0.25) is 5.95 Å². The molecule has 3 heterocycles. The highest BCUT2D eigenvalue weighted by atomic mass is 15.2. The minimum Gasteiger partial charge on any atom is -0.309 e.